The maximum absolute atomic E-state index is 12.3. The molecule has 18 heavy (non-hydrogen) atoms. The monoisotopic (exact) mass is 280 g/mol. The minimum Gasteiger partial charge on any atom is -0.357 e. The van der Waals surface area contributed by atoms with Gasteiger partial charge in [0, 0.05) is 17.6 Å². The van der Waals surface area contributed by atoms with Crippen molar-refractivity contribution in [2.24, 2.45) is 5.92 Å². The van der Waals surface area contributed by atoms with Crippen molar-refractivity contribution in [2.45, 2.75) is 32.0 Å². The van der Waals surface area contributed by atoms with Gasteiger partial charge in [-0.15, -0.1) is 0 Å². The van der Waals surface area contributed by atoms with Crippen molar-refractivity contribution >= 4 is 16.7 Å². The number of aromatic nitrogens is 2. The SMILES string of the molecule is CC(Nc1nc(C(F)(F)F)ns1)C1CCCNC1. The molecule has 4 nitrogen and oxygen atoms in total. The van der Waals surface area contributed by atoms with Crippen LogP contribution in [0, 0.1) is 5.92 Å². The van der Waals surface area contributed by atoms with Crippen LogP contribution in [0.15, 0.2) is 0 Å². The molecule has 8 heteroatoms. The third-order valence-electron chi connectivity index (χ3n) is 3.07. The van der Waals surface area contributed by atoms with E-state index in [0.29, 0.717) is 5.92 Å². The van der Waals surface area contributed by atoms with Crippen molar-refractivity contribution in [3.8, 4) is 0 Å². The Labute approximate surface area is 107 Å². The summed E-state index contributed by atoms with van der Waals surface area (Å²) in [6.45, 7) is 3.87. The van der Waals surface area contributed by atoms with Crippen molar-refractivity contribution in [3.05, 3.63) is 5.82 Å². The van der Waals surface area contributed by atoms with E-state index in [0.717, 1.165) is 37.5 Å². The average molecular weight is 280 g/mol. The summed E-state index contributed by atoms with van der Waals surface area (Å²) in [7, 11) is 0. The molecule has 2 N–H and O–H groups in total. The molecule has 0 aliphatic carbocycles. The number of halogens is 3. The van der Waals surface area contributed by atoms with Crippen LogP contribution >= 0.6 is 11.5 Å². The Balaban J connectivity index is 1.94. The highest BCUT2D eigenvalue weighted by molar-refractivity contribution is 7.09. The van der Waals surface area contributed by atoms with Gasteiger partial charge in [-0.1, -0.05) is 0 Å². The fourth-order valence-electron chi connectivity index (χ4n) is 2.02. The summed E-state index contributed by atoms with van der Waals surface area (Å²) < 4.78 is 40.3. The van der Waals surface area contributed by atoms with Crippen LogP contribution in [0.25, 0.3) is 0 Å². The van der Waals surface area contributed by atoms with Gasteiger partial charge in [0.25, 0.3) is 0 Å². The number of nitrogens with zero attached hydrogens (tertiary/aromatic N) is 2. The van der Waals surface area contributed by atoms with E-state index in [9.17, 15) is 13.2 Å². The molecule has 1 saturated heterocycles. The molecule has 0 saturated carbocycles. The van der Waals surface area contributed by atoms with Crippen molar-refractivity contribution in [1.82, 2.24) is 14.7 Å². The number of hydrogen-bond donors (Lipinski definition) is 2. The number of piperidine rings is 1. The highest BCUT2D eigenvalue weighted by Gasteiger charge is 2.36. The molecule has 1 aromatic heterocycles. The zero-order chi connectivity index (χ0) is 13.2. The van der Waals surface area contributed by atoms with Gasteiger partial charge in [-0.05, 0) is 38.8 Å². The summed E-state index contributed by atoms with van der Waals surface area (Å²) in [5.41, 5.74) is 0. The van der Waals surface area contributed by atoms with Crippen LogP contribution in [-0.4, -0.2) is 28.5 Å². The highest BCUT2D eigenvalue weighted by atomic mass is 32.1. The summed E-state index contributed by atoms with van der Waals surface area (Å²) in [4.78, 5) is 3.47. The maximum atomic E-state index is 12.3. The van der Waals surface area contributed by atoms with Gasteiger partial charge in [-0.2, -0.15) is 22.5 Å². The smallest absolute Gasteiger partial charge is 0.357 e. The number of alkyl halides is 3. The minimum absolute atomic E-state index is 0.0897. The van der Waals surface area contributed by atoms with Crippen LogP contribution in [0.3, 0.4) is 0 Å². The van der Waals surface area contributed by atoms with E-state index in [4.69, 9.17) is 0 Å². The summed E-state index contributed by atoms with van der Waals surface area (Å²) in [5.74, 6) is -0.652. The second-order valence-corrected chi connectivity index (χ2v) is 5.21. The first kappa shape index (κ1) is 13.5. The van der Waals surface area contributed by atoms with Gasteiger partial charge in [0.05, 0.1) is 0 Å². The first-order valence-corrected chi connectivity index (χ1v) is 6.62. The lowest BCUT2D eigenvalue weighted by Gasteiger charge is -2.28. The number of hydrogen-bond acceptors (Lipinski definition) is 5. The highest BCUT2D eigenvalue weighted by Crippen LogP contribution is 2.29. The van der Waals surface area contributed by atoms with Crippen molar-refractivity contribution < 1.29 is 13.2 Å². The van der Waals surface area contributed by atoms with Crippen LogP contribution in [0.2, 0.25) is 0 Å². The Bertz CT molecular complexity index is 387. The Morgan fingerprint density at radius 1 is 1.50 bits per heavy atom. The lowest BCUT2D eigenvalue weighted by atomic mass is 9.93. The fourth-order valence-corrected chi connectivity index (χ4v) is 2.70. The van der Waals surface area contributed by atoms with E-state index >= 15 is 0 Å². The van der Waals surface area contributed by atoms with Gasteiger partial charge >= 0.3 is 6.18 Å². The lowest BCUT2D eigenvalue weighted by molar-refractivity contribution is -0.144. The molecular formula is C10H15F3N4S. The molecule has 1 fully saturated rings. The number of rotatable bonds is 3. The fraction of sp³-hybridized carbons (Fsp3) is 0.800. The summed E-state index contributed by atoms with van der Waals surface area (Å²) >= 11 is 0.756. The zero-order valence-corrected chi connectivity index (χ0v) is 10.7. The van der Waals surface area contributed by atoms with E-state index in [1.807, 2.05) is 6.92 Å². The predicted molar refractivity (Wildman–Crippen MR) is 63.6 cm³/mol. The molecule has 2 atom stereocenters. The molecule has 1 aliphatic heterocycles. The summed E-state index contributed by atoms with van der Waals surface area (Å²) in [5, 5.41) is 6.52. The van der Waals surface area contributed by atoms with Crippen LogP contribution in [-0.2, 0) is 6.18 Å². The molecule has 0 radical (unpaired) electrons. The van der Waals surface area contributed by atoms with Gasteiger partial charge in [0.15, 0.2) is 0 Å². The zero-order valence-electron chi connectivity index (χ0n) is 9.92. The minimum atomic E-state index is -4.47. The molecule has 2 unspecified atom stereocenters. The van der Waals surface area contributed by atoms with E-state index in [-0.39, 0.29) is 11.2 Å². The number of anilines is 1. The normalized spacial score (nSPS) is 22.8. The second kappa shape index (κ2) is 5.40. The third kappa shape index (κ3) is 3.32. The van der Waals surface area contributed by atoms with Gasteiger partial charge in [-0.3, -0.25) is 0 Å². The standard InChI is InChI=1S/C10H15F3N4S/c1-6(7-3-2-4-14-5-7)15-9-16-8(17-18-9)10(11,12)13/h6-7,14H,2-5H2,1H3,(H,15,16,17). The third-order valence-corrected chi connectivity index (χ3v) is 3.72. The van der Waals surface area contributed by atoms with Gasteiger partial charge in [0.2, 0.25) is 11.0 Å². The van der Waals surface area contributed by atoms with E-state index < -0.39 is 12.0 Å². The Morgan fingerprint density at radius 3 is 2.83 bits per heavy atom. The molecule has 0 amide bonds. The molecule has 2 heterocycles. The Kier molecular flexibility index (Phi) is 4.06. The van der Waals surface area contributed by atoms with Crippen LogP contribution in [0.1, 0.15) is 25.6 Å². The lowest BCUT2D eigenvalue weighted by Crippen LogP contribution is -2.38. The Hall–Kier alpha value is -0.890. The summed E-state index contributed by atoms with van der Waals surface area (Å²) in [6, 6.07) is 0.0897. The second-order valence-electron chi connectivity index (χ2n) is 4.46. The van der Waals surface area contributed by atoms with Gasteiger partial charge < -0.3 is 10.6 Å². The van der Waals surface area contributed by atoms with Crippen LogP contribution in [0.5, 0.6) is 0 Å². The first-order valence-electron chi connectivity index (χ1n) is 5.85. The van der Waals surface area contributed by atoms with E-state index in [1.165, 1.54) is 0 Å². The average Bonchev–Trinajstić information content (AvgIpc) is 2.78. The largest absolute Gasteiger partial charge is 0.452 e. The van der Waals surface area contributed by atoms with Crippen LogP contribution in [0.4, 0.5) is 18.3 Å². The predicted octanol–water partition coefficient (Wildman–Crippen LogP) is 2.36. The Morgan fingerprint density at radius 2 is 2.28 bits per heavy atom. The molecule has 2 rings (SSSR count). The molecule has 0 bridgehead atoms. The molecule has 1 aromatic rings. The molecular weight excluding hydrogens is 265 g/mol. The van der Waals surface area contributed by atoms with Crippen molar-refractivity contribution in [2.75, 3.05) is 18.4 Å². The maximum Gasteiger partial charge on any atom is 0.452 e. The quantitative estimate of drug-likeness (QED) is 0.892. The molecule has 0 aromatic carbocycles. The van der Waals surface area contributed by atoms with Gasteiger partial charge in [0.1, 0.15) is 0 Å². The van der Waals surface area contributed by atoms with Crippen LogP contribution < -0.4 is 10.6 Å². The topological polar surface area (TPSA) is 49.8 Å². The first-order chi connectivity index (χ1) is 8.47. The molecule has 102 valence electrons. The molecule has 0 spiro atoms. The van der Waals surface area contributed by atoms with Crippen molar-refractivity contribution in [3.63, 3.8) is 0 Å². The summed E-state index contributed by atoms with van der Waals surface area (Å²) in [6.07, 6.45) is -2.29. The van der Waals surface area contributed by atoms with E-state index in [1.54, 1.807) is 0 Å². The number of nitrogens with one attached hydrogen (secondary N) is 2. The molecule has 1 aliphatic rings. The van der Waals surface area contributed by atoms with Gasteiger partial charge in [-0.25, -0.2) is 0 Å². The van der Waals surface area contributed by atoms with Crippen molar-refractivity contribution in [1.29, 1.82) is 0 Å². The van der Waals surface area contributed by atoms with E-state index in [2.05, 4.69) is 20.0 Å².